The van der Waals surface area contributed by atoms with Crippen LogP contribution in [0, 0.1) is 0 Å². The maximum atomic E-state index is 12.1. The fraction of sp³-hybridized carbons (Fsp3) is 0.308. The van der Waals surface area contributed by atoms with Crippen LogP contribution in [0.15, 0.2) is 24.8 Å². The molecule has 1 amide bonds. The zero-order chi connectivity index (χ0) is 15.4. The summed E-state index contributed by atoms with van der Waals surface area (Å²) in [7, 11) is 7.40. The molecule has 0 aliphatic heterocycles. The Kier molecular flexibility index (Phi) is 4.27. The van der Waals surface area contributed by atoms with Gasteiger partial charge in [-0.1, -0.05) is 0 Å². The van der Waals surface area contributed by atoms with Crippen molar-refractivity contribution in [3.8, 4) is 0 Å². The fourth-order valence-corrected chi connectivity index (χ4v) is 1.61. The lowest BCUT2D eigenvalue weighted by Gasteiger charge is -2.19. The maximum Gasteiger partial charge on any atom is 0.276 e. The van der Waals surface area contributed by atoms with Gasteiger partial charge in [-0.15, -0.1) is 0 Å². The normalized spacial score (nSPS) is 10.1. The first kappa shape index (κ1) is 14.6. The van der Waals surface area contributed by atoms with Crippen LogP contribution < -0.4 is 15.1 Å². The van der Waals surface area contributed by atoms with Crippen LogP contribution in [-0.4, -0.2) is 54.0 Å². The monoisotopic (exact) mass is 287 g/mol. The second-order valence-corrected chi connectivity index (χ2v) is 4.74. The van der Waals surface area contributed by atoms with E-state index in [2.05, 4.69) is 25.3 Å². The van der Waals surface area contributed by atoms with E-state index in [1.807, 2.05) is 28.2 Å². The highest BCUT2D eigenvalue weighted by Crippen LogP contribution is 2.23. The Labute approximate surface area is 122 Å². The van der Waals surface area contributed by atoms with Crippen molar-refractivity contribution in [3.63, 3.8) is 0 Å². The Morgan fingerprint density at radius 1 is 1.05 bits per heavy atom. The van der Waals surface area contributed by atoms with Crippen molar-refractivity contribution in [1.29, 1.82) is 0 Å². The second-order valence-electron chi connectivity index (χ2n) is 4.74. The Morgan fingerprint density at radius 2 is 1.81 bits per heavy atom. The van der Waals surface area contributed by atoms with Crippen molar-refractivity contribution in [1.82, 2.24) is 19.9 Å². The third-order valence-corrected chi connectivity index (χ3v) is 2.62. The van der Waals surface area contributed by atoms with Gasteiger partial charge in [0.2, 0.25) is 5.95 Å². The molecular weight excluding hydrogens is 270 g/mol. The number of carbonyl (C=O) groups excluding carboxylic acids is 1. The lowest BCUT2D eigenvalue weighted by Crippen LogP contribution is -2.21. The molecule has 8 heteroatoms. The molecule has 0 aromatic carbocycles. The molecule has 0 saturated heterocycles. The number of rotatable bonds is 4. The average Bonchev–Trinajstić information content (AvgIpc) is 2.48. The number of hydrogen-bond acceptors (Lipinski definition) is 7. The molecule has 110 valence electrons. The summed E-state index contributed by atoms with van der Waals surface area (Å²) in [6.45, 7) is 0. The molecule has 2 aromatic heterocycles. The molecule has 0 aliphatic rings. The van der Waals surface area contributed by atoms with E-state index in [9.17, 15) is 4.79 Å². The van der Waals surface area contributed by atoms with Gasteiger partial charge in [-0.25, -0.2) is 9.97 Å². The summed E-state index contributed by atoms with van der Waals surface area (Å²) in [4.78, 5) is 32.2. The highest BCUT2D eigenvalue weighted by atomic mass is 16.1. The van der Waals surface area contributed by atoms with Crippen LogP contribution in [-0.2, 0) is 0 Å². The summed E-state index contributed by atoms with van der Waals surface area (Å²) >= 11 is 0. The van der Waals surface area contributed by atoms with Gasteiger partial charge in [0, 0.05) is 40.6 Å². The first-order valence-corrected chi connectivity index (χ1v) is 6.28. The lowest BCUT2D eigenvalue weighted by molar-refractivity contribution is 0.102. The van der Waals surface area contributed by atoms with E-state index in [1.54, 1.807) is 16.0 Å². The summed E-state index contributed by atoms with van der Waals surface area (Å²) in [6, 6.07) is 0. The third kappa shape index (κ3) is 3.41. The van der Waals surface area contributed by atoms with Crippen molar-refractivity contribution in [2.75, 3.05) is 43.3 Å². The molecule has 2 rings (SSSR count). The smallest absolute Gasteiger partial charge is 0.276 e. The topological polar surface area (TPSA) is 87.1 Å². The quantitative estimate of drug-likeness (QED) is 0.883. The van der Waals surface area contributed by atoms with E-state index >= 15 is 0 Å². The van der Waals surface area contributed by atoms with Gasteiger partial charge in [-0.3, -0.25) is 9.78 Å². The second kappa shape index (κ2) is 6.12. The molecule has 8 nitrogen and oxygen atoms in total. The minimum Gasteiger partial charge on any atom is -0.361 e. The summed E-state index contributed by atoms with van der Waals surface area (Å²) in [5.41, 5.74) is 0.750. The maximum absolute atomic E-state index is 12.1. The molecule has 0 radical (unpaired) electrons. The Morgan fingerprint density at radius 3 is 2.38 bits per heavy atom. The standard InChI is InChI=1S/C13H17N7O/c1-19(2)11-9(8-16-13(18-11)20(3)4)17-12(21)10-7-14-5-6-15-10/h5-8H,1-4H3,(H,17,21). The molecule has 0 aliphatic carbocycles. The van der Waals surface area contributed by atoms with Crippen LogP contribution >= 0.6 is 0 Å². The van der Waals surface area contributed by atoms with Gasteiger partial charge in [0.05, 0.1) is 12.4 Å². The number of aromatic nitrogens is 4. The van der Waals surface area contributed by atoms with Gasteiger partial charge in [0.1, 0.15) is 11.4 Å². The number of amides is 1. The zero-order valence-electron chi connectivity index (χ0n) is 12.4. The Bertz CT molecular complexity index is 628. The van der Waals surface area contributed by atoms with Crippen molar-refractivity contribution in [3.05, 3.63) is 30.5 Å². The molecule has 0 bridgehead atoms. The first-order valence-electron chi connectivity index (χ1n) is 6.28. The van der Waals surface area contributed by atoms with Crippen molar-refractivity contribution < 1.29 is 4.79 Å². The minimum atomic E-state index is -0.354. The van der Waals surface area contributed by atoms with Crippen LogP contribution in [0.1, 0.15) is 10.5 Å². The van der Waals surface area contributed by atoms with Crippen molar-refractivity contribution in [2.24, 2.45) is 0 Å². The molecule has 1 N–H and O–H groups in total. The molecule has 21 heavy (non-hydrogen) atoms. The summed E-state index contributed by atoms with van der Waals surface area (Å²) in [5, 5.41) is 2.75. The number of nitrogens with one attached hydrogen (secondary N) is 1. The predicted octanol–water partition coefficient (Wildman–Crippen LogP) is 0.651. The van der Waals surface area contributed by atoms with Gasteiger partial charge in [0.25, 0.3) is 5.91 Å². The predicted molar refractivity (Wildman–Crippen MR) is 80.7 cm³/mol. The molecule has 0 saturated carbocycles. The molecule has 0 unspecified atom stereocenters. The fourth-order valence-electron chi connectivity index (χ4n) is 1.61. The molecular formula is C13H17N7O. The summed E-state index contributed by atoms with van der Waals surface area (Å²) in [5.74, 6) is 0.828. The number of nitrogens with zero attached hydrogens (tertiary/aromatic N) is 6. The van der Waals surface area contributed by atoms with Gasteiger partial charge < -0.3 is 15.1 Å². The highest BCUT2D eigenvalue weighted by Gasteiger charge is 2.14. The van der Waals surface area contributed by atoms with E-state index < -0.39 is 0 Å². The first-order chi connectivity index (χ1) is 9.99. The minimum absolute atomic E-state index is 0.235. The van der Waals surface area contributed by atoms with Crippen LogP contribution in [0.2, 0.25) is 0 Å². The highest BCUT2D eigenvalue weighted by molar-refractivity contribution is 6.04. The van der Waals surface area contributed by atoms with E-state index in [0.29, 0.717) is 17.5 Å². The number of hydrogen-bond donors (Lipinski definition) is 1. The average molecular weight is 287 g/mol. The number of anilines is 3. The number of carbonyl (C=O) groups is 1. The lowest BCUT2D eigenvalue weighted by atomic mass is 10.3. The van der Waals surface area contributed by atoms with Crippen molar-refractivity contribution >= 4 is 23.4 Å². The summed E-state index contributed by atoms with van der Waals surface area (Å²) in [6.07, 6.45) is 5.95. The SMILES string of the molecule is CN(C)c1ncc(NC(=O)c2cnccn2)c(N(C)C)n1. The van der Waals surface area contributed by atoms with Crippen LogP contribution in [0.25, 0.3) is 0 Å². The molecule has 0 atom stereocenters. The van der Waals surface area contributed by atoms with Crippen LogP contribution in [0.3, 0.4) is 0 Å². The molecule has 0 spiro atoms. The molecule has 0 fully saturated rings. The van der Waals surface area contributed by atoms with Crippen LogP contribution in [0.5, 0.6) is 0 Å². The van der Waals surface area contributed by atoms with Crippen LogP contribution in [0.4, 0.5) is 17.5 Å². The molecule has 2 aromatic rings. The summed E-state index contributed by atoms with van der Waals surface area (Å²) < 4.78 is 0. The van der Waals surface area contributed by atoms with E-state index in [1.165, 1.54) is 18.6 Å². The Balaban J connectivity index is 2.29. The van der Waals surface area contributed by atoms with Gasteiger partial charge in [-0.2, -0.15) is 4.98 Å². The third-order valence-electron chi connectivity index (χ3n) is 2.62. The van der Waals surface area contributed by atoms with E-state index in [0.717, 1.165) is 0 Å². The van der Waals surface area contributed by atoms with Gasteiger partial charge in [0.15, 0.2) is 5.82 Å². The Hall–Kier alpha value is -2.77. The molecule has 2 heterocycles. The van der Waals surface area contributed by atoms with Crippen molar-refractivity contribution in [2.45, 2.75) is 0 Å². The van der Waals surface area contributed by atoms with Gasteiger partial charge >= 0.3 is 0 Å². The van der Waals surface area contributed by atoms with E-state index in [4.69, 9.17) is 0 Å². The zero-order valence-corrected chi connectivity index (χ0v) is 12.4. The van der Waals surface area contributed by atoms with Gasteiger partial charge in [-0.05, 0) is 0 Å². The van der Waals surface area contributed by atoms with E-state index in [-0.39, 0.29) is 11.6 Å². The largest absolute Gasteiger partial charge is 0.361 e.